The second-order valence-corrected chi connectivity index (χ2v) is 9.30. The Morgan fingerprint density at radius 2 is 1.56 bits per heavy atom. The maximum atomic E-state index is 13.3. The third-order valence-electron chi connectivity index (χ3n) is 5.26. The minimum atomic E-state index is -4.07. The molecular weight excluding hydrogens is 424 g/mol. The number of fused-ring (bicyclic) bond motifs is 1. The van der Waals surface area contributed by atoms with Gasteiger partial charge in [-0.25, -0.2) is 8.42 Å². The number of benzene rings is 3. The highest BCUT2D eigenvalue weighted by Crippen LogP contribution is 2.22. The van der Waals surface area contributed by atoms with E-state index in [9.17, 15) is 18.0 Å². The summed E-state index contributed by atoms with van der Waals surface area (Å²) >= 11 is 0. The van der Waals surface area contributed by atoms with E-state index in [-0.39, 0.29) is 27.6 Å². The van der Waals surface area contributed by atoms with Gasteiger partial charge >= 0.3 is 0 Å². The minimum absolute atomic E-state index is 0.0439. The minimum Gasteiger partial charge on any atom is -0.336 e. The number of para-hydroxylation sites is 2. The number of anilines is 1. The predicted molar refractivity (Wildman–Crippen MR) is 125 cm³/mol. The second-order valence-electron chi connectivity index (χ2n) is 7.38. The van der Waals surface area contributed by atoms with Gasteiger partial charge < -0.3 is 9.88 Å². The highest BCUT2D eigenvalue weighted by atomic mass is 32.2. The van der Waals surface area contributed by atoms with E-state index < -0.39 is 15.3 Å². The molecule has 4 aromatic rings. The molecule has 0 aliphatic rings. The number of nitrogens with zero attached hydrogens (tertiary/aromatic N) is 1. The molecule has 1 heterocycles. The highest BCUT2D eigenvalue weighted by molar-refractivity contribution is 7.91. The van der Waals surface area contributed by atoms with Crippen molar-refractivity contribution in [3.63, 3.8) is 0 Å². The molecule has 0 bridgehead atoms. The maximum absolute atomic E-state index is 13.3. The first-order valence-corrected chi connectivity index (χ1v) is 11.7. The summed E-state index contributed by atoms with van der Waals surface area (Å²) in [6.07, 6.45) is 2.04. The molecule has 0 spiro atoms. The van der Waals surface area contributed by atoms with Crippen LogP contribution in [0.5, 0.6) is 0 Å². The van der Waals surface area contributed by atoms with Gasteiger partial charge in [0.15, 0.2) is 0 Å². The molecule has 3 aromatic carbocycles. The van der Waals surface area contributed by atoms with Crippen molar-refractivity contribution in [3.05, 3.63) is 101 Å². The first kappa shape index (κ1) is 21.5. The van der Waals surface area contributed by atoms with Crippen molar-refractivity contribution in [1.29, 1.82) is 0 Å². The van der Waals surface area contributed by atoms with Crippen molar-refractivity contribution in [1.82, 2.24) is 4.57 Å². The molecule has 162 valence electrons. The molecule has 0 saturated carbocycles. The van der Waals surface area contributed by atoms with Crippen LogP contribution >= 0.6 is 0 Å². The summed E-state index contributed by atoms with van der Waals surface area (Å²) < 4.78 is 28.1. The maximum Gasteiger partial charge on any atom is 0.244 e. The predicted octanol–water partition coefficient (Wildman–Crippen LogP) is 4.04. The van der Waals surface area contributed by atoms with Crippen LogP contribution in [-0.2, 0) is 27.6 Å². The lowest BCUT2D eigenvalue weighted by molar-refractivity contribution is -0.116. The van der Waals surface area contributed by atoms with E-state index in [2.05, 4.69) is 5.32 Å². The van der Waals surface area contributed by atoms with E-state index in [1.165, 1.54) is 22.9 Å². The topological polar surface area (TPSA) is 85.2 Å². The normalized spacial score (nSPS) is 11.4. The summed E-state index contributed by atoms with van der Waals surface area (Å²) in [5.74, 6) is -0.333. The quantitative estimate of drug-likeness (QED) is 0.485. The Labute approximate surface area is 186 Å². The van der Waals surface area contributed by atoms with E-state index in [0.717, 1.165) is 12.0 Å². The second kappa shape index (κ2) is 8.80. The van der Waals surface area contributed by atoms with Gasteiger partial charge in [0.05, 0.1) is 10.4 Å². The van der Waals surface area contributed by atoms with Crippen LogP contribution in [0.15, 0.2) is 99.6 Å². The fraction of sp³-hybridized carbons (Fsp3) is 0.120. The average Bonchev–Trinajstić information content (AvgIpc) is 2.81. The monoisotopic (exact) mass is 446 g/mol. The Morgan fingerprint density at radius 1 is 0.906 bits per heavy atom. The zero-order chi connectivity index (χ0) is 22.7. The van der Waals surface area contributed by atoms with Gasteiger partial charge in [-0.2, -0.15) is 0 Å². The van der Waals surface area contributed by atoms with Crippen molar-refractivity contribution < 1.29 is 13.2 Å². The number of aromatic nitrogens is 1. The molecule has 0 unspecified atom stereocenters. The van der Waals surface area contributed by atoms with Gasteiger partial charge in [0.25, 0.3) is 0 Å². The van der Waals surface area contributed by atoms with Gasteiger partial charge in [0.1, 0.15) is 11.4 Å². The average molecular weight is 447 g/mol. The summed E-state index contributed by atoms with van der Waals surface area (Å²) in [5.41, 5.74) is 1.53. The van der Waals surface area contributed by atoms with Crippen LogP contribution in [0.2, 0.25) is 0 Å². The van der Waals surface area contributed by atoms with Crippen molar-refractivity contribution >= 4 is 32.3 Å². The molecule has 0 aliphatic carbocycles. The first-order chi connectivity index (χ1) is 15.4. The van der Waals surface area contributed by atoms with Gasteiger partial charge in [-0.3, -0.25) is 9.59 Å². The zero-order valence-electron chi connectivity index (χ0n) is 17.5. The number of rotatable bonds is 6. The fourth-order valence-corrected chi connectivity index (χ4v) is 4.92. The molecule has 0 atom stereocenters. The van der Waals surface area contributed by atoms with E-state index in [0.29, 0.717) is 11.2 Å². The lowest BCUT2D eigenvalue weighted by Gasteiger charge is -2.14. The number of aryl methyl sites for hydroxylation is 1. The van der Waals surface area contributed by atoms with E-state index in [1.807, 2.05) is 13.0 Å². The number of carbonyl (C=O) groups excluding carboxylic acids is 1. The molecule has 1 amide bonds. The van der Waals surface area contributed by atoms with Gasteiger partial charge in [-0.05, 0) is 48.4 Å². The highest BCUT2D eigenvalue weighted by Gasteiger charge is 2.24. The van der Waals surface area contributed by atoms with Crippen LogP contribution in [0.3, 0.4) is 0 Å². The van der Waals surface area contributed by atoms with Crippen LogP contribution in [0, 0.1) is 0 Å². The molecule has 7 heteroatoms. The fourth-order valence-electron chi connectivity index (χ4n) is 3.55. The molecule has 1 N–H and O–H groups in total. The van der Waals surface area contributed by atoms with Gasteiger partial charge in [0.2, 0.25) is 21.2 Å². The number of sulfone groups is 1. The molecule has 0 radical (unpaired) electrons. The van der Waals surface area contributed by atoms with Crippen LogP contribution < -0.4 is 10.7 Å². The number of nitrogens with one attached hydrogen (secondary N) is 1. The van der Waals surface area contributed by atoms with Crippen molar-refractivity contribution in [2.75, 3.05) is 5.32 Å². The zero-order valence-corrected chi connectivity index (χ0v) is 18.3. The third kappa shape index (κ3) is 4.20. The van der Waals surface area contributed by atoms with Crippen LogP contribution in [-0.4, -0.2) is 18.9 Å². The van der Waals surface area contributed by atoms with Gasteiger partial charge in [0, 0.05) is 17.3 Å². The van der Waals surface area contributed by atoms with E-state index in [4.69, 9.17) is 0 Å². The van der Waals surface area contributed by atoms with Crippen LogP contribution in [0.25, 0.3) is 10.9 Å². The Hall–Kier alpha value is -3.71. The Bertz CT molecular complexity index is 1440. The third-order valence-corrected chi connectivity index (χ3v) is 7.02. The number of pyridine rings is 1. The Balaban J connectivity index is 1.79. The summed E-state index contributed by atoms with van der Waals surface area (Å²) in [6.45, 7) is 1.83. The first-order valence-electron chi connectivity index (χ1n) is 10.2. The summed E-state index contributed by atoms with van der Waals surface area (Å²) in [6, 6.07) is 22.1. The lowest BCUT2D eigenvalue weighted by atomic mass is 10.2. The van der Waals surface area contributed by atoms with Crippen molar-refractivity contribution in [3.8, 4) is 0 Å². The smallest absolute Gasteiger partial charge is 0.244 e. The molecule has 0 aliphatic heterocycles. The Morgan fingerprint density at radius 3 is 2.25 bits per heavy atom. The van der Waals surface area contributed by atoms with E-state index in [1.54, 1.807) is 60.7 Å². The SMILES string of the molecule is CCc1ccc(S(=O)(=O)c2cn(CC(=O)Nc3ccccc3)c3ccccc3c2=O)cc1. The molecule has 1 aromatic heterocycles. The number of amides is 1. The molecular formula is C25H22N2O4S. The van der Waals surface area contributed by atoms with Gasteiger partial charge in [-0.1, -0.05) is 49.4 Å². The largest absolute Gasteiger partial charge is 0.336 e. The lowest BCUT2D eigenvalue weighted by Crippen LogP contribution is -2.23. The van der Waals surface area contributed by atoms with Crippen molar-refractivity contribution in [2.24, 2.45) is 0 Å². The Kier molecular flexibility index (Phi) is 5.92. The summed E-state index contributed by atoms with van der Waals surface area (Å²) in [4.78, 5) is 25.5. The van der Waals surface area contributed by atoms with E-state index >= 15 is 0 Å². The summed E-state index contributed by atoms with van der Waals surface area (Å²) in [5, 5.41) is 3.03. The molecule has 6 nitrogen and oxygen atoms in total. The number of carbonyl (C=O) groups is 1. The van der Waals surface area contributed by atoms with Crippen LogP contribution in [0.4, 0.5) is 5.69 Å². The van der Waals surface area contributed by atoms with Crippen LogP contribution in [0.1, 0.15) is 12.5 Å². The standard InChI is InChI=1S/C25H22N2O4S/c1-2-18-12-14-20(15-13-18)32(30,31)23-16-27(22-11-7-6-10-21(22)25(23)29)17-24(28)26-19-8-4-3-5-9-19/h3-16H,2,17H2,1H3,(H,26,28). The molecule has 0 saturated heterocycles. The molecule has 0 fully saturated rings. The van der Waals surface area contributed by atoms with Crippen molar-refractivity contribution in [2.45, 2.75) is 29.7 Å². The molecule has 4 rings (SSSR count). The number of hydrogen-bond acceptors (Lipinski definition) is 4. The number of hydrogen-bond donors (Lipinski definition) is 1. The molecule has 32 heavy (non-hydrogen) atoms. The summed E-state index contributed by atoms with van der Waals surface area (Å²) in [7, 11) is -4.07. The van der Waals surface area contributed by atoms with Gasteiger partial charge in [-0.15, -0.1) is 0 Å².